The Bertz CT molecular complexity index is 790. The Kier molecular flexibility index (Phi) is 4.61. The predicted molar refractivity (Wildman–Crippen MR) is 90.9 cm³/mol. The van der Waals surface area contributed by atoms with Crippen molar-refractivity contribution in [1.82, 2.24) is 4.90 Å². The number of carboxylic acids is 1. The smallest absolute Gasteiger partial charge is 0.308 e. The van der Waals surface area contributed by atoms with Gasteiger partial charge < -0.3 is 19.8 Å². The molecule has 1 saturated heterocycles. The van der Waals surface area contributed by atoms with Crippen molar-refractivity contribution in [2.45, 2.75) is 5.92 Å². The summed E-state index contributed by atoms with van der Waals surface area (Å²) in [5.74, 6) is -2.00. The summed E-state index contributed by atoms with van der Waals surface area (Å²) in [6, 6.07) is 13.8. The minimum Gasteiger partial charge on any atom is -0.507 e. The van der Waals surface area contributed by atoms with Crippen molar-refractivity contribution in [3.05, 3.63) is 59.7 Å². The van der Waals surface area contributed by atoms with Crippen molar-refractivity contribution >= 4 is 11.9 Å². The van der Waals surface area contributed by atoms with Gasteiger partial charge in [-0.1, -0.05) is 30.3 Å². The molecule has 0 unspecified atom stereocenters. The van der Waals surface area contributed by atoms with Gasteiger partial charge in [-0.2, -0.15) is 0 Å². The van der Waals surface area contributed by atoms with Crippen LogP contribution in [0.4, 0.5) is 0 Å². The maximum Gasteiger partial charge on any atom is 0.308 e. The first-order valence-electron chi connectivity index (χ1n) is 7.95. The summed E-state index contributed by atoms with van der Waals surface area (Å²) in [5, 5.41) is 19.6. The van der Waals surface area contributed by atoms with Crippen molar-refractivity contribution in [2.24, 2.45) is 5.92 Å². The molecule has 0 saturated carbocycles. The Morgan fingerprint density at radius 1 is 1.12 bits per heavy atom. The van der Waals surface area contributed by atoms with E-state index in [0.717, 1.165) is 5.56 Å². The average molecular weight is 341 g/mol. The van der Waals surface area contributed by atoms with Gasteiger partial charge in [0.15, 0.2) is 0 Å². The Balaban J connectivity index is 1.86. The van der Waals surface area contributed by atoms with Gasteiger partial charge in [0.05, 0.1) is 18.6 Å². The van der Waals surface area contributed by atoms with Crippen molar-refractivity contribution in [2.75, 3.05) is 20.2 Å². The van der Waals surface area contributed by atoms with Gasteiger partial charge in [0.2, 0.25) is 0 Å². The highest BCUT2D eigenvalue weighted by Gasteiger charge is 2.41. The fraction of sp³-hybridized carbons (Fsp3) is 0.263. The van der Waals surface area contributed by atoms with Gasteiger partial charge in [0, 0.05) is 25.1 Å². The molecule has 0 aliphatic carbocycles. The van der Waals surface area contributed by atoms with Gasteiger partial charge >= 0.3 is 5.97 Å². The predicted octanol–water partition coefficient (Wildman–Crippen LogP) is 2.34. The number of carbonyl (C=O) groups excluding carboxylic acids is 1. The second-order valence-corrected chi connectivity index (χ2v) is 6.06. The van der Waals surface area contributed by atoms with E-state index in [2.05, 4.69) is 0 Å². The zero-order valence-corrected chi connectivity index (χ0v) is 13.8. The van der Waals surface area contributed by atoms with E-state index >= 15 is 0 Å². The first kappa shape index (κ1) is 16.8. The molecule has 1 fully saturated rings. The molecule has 25 heavy (non-hydrogen) atoms. The lowest BCUT2D eigenvalue weighted by Crippen LogP contribution is -2.30. The zero-order valence-electron chi connectivity index (χ0n) is 13.8. The molecule has 2 aromatic carbocycles. The second-order valence-electron chi connectivity index (χ2n) is 6.06. The fourth-order valence-corrected chi connectivity index (χ4v) is 3.25. The number of hydrogen-bond acceptors (Lipinski definition) is 4. The topological polar surface area (TPSA) is 87.1 Å². The molecule has 1 heterocycles. The van der Waals surface area contributed by atoms with Gasteiger partial charge in [-0.15, -0.1) is 0 Å². The number of nitrogens with zero attached hydrogens (tertiary/aromatic N) is 1. The van der Waals surface area contributed by atoms with Crippen LogP contribution < -0.4 is 4.74 Å². The highest BCUT2D eigenvalue weighted by Crippen LogP contribution is 2.35. The lowest BCUT2D eigenvalue weighted by atomic mass is 9.89. The van der Waals surface area contributed by atoms with Gasteiger partial charge in [0.25, 0.3) is 5.91 Å². The molecule has 2 N–H and O–H groups in total. The largest absolute Gasteiger partial charge is 0.507 e. The number of carboxylic acid groups (broad SMARTS) is 1. The number of amides is 1. The molecular formula is C19H19NO5. The van der Waals surface area contributed by atoms with E-state index in [-0.39, 0.29) is 29.7 Å². The number of aromatic hydroxyl groups is 1. The van der Waals surface area contributed by atoms with Gasteiger partial charge in [-0.3, -0.25) is 9.59 Å². The summed E-state index contributed by atoms with van der Waals surface area (Å²) in [6.07, 6.45) is 0. The van der Waals surface area contributed by atoms with E-state index in [4.69, 9.17) is 4.74 Å². The highest BCUT2D eigenvalue weighted by molar-refractivity contribution is 5.97. The van der Waals surface area contributed by atoms with Crippen LogP contribution in [0.5, 0.6) is 11.5 Å². The lowest BCUT2D eigenvalue weighted by Gasteiger charge is -2.17. The monoisotopic (exact) mass is 341 g/mol. The number of benzene rings is 2. The number of ether oxygens (including phenoxy) is 1. The molecule has 3 rings (SSSR count). The Labute approximate surface area is 145 Å². The third-order valence-electron chi connectivity index (χ3n) is 4.59. The van der Waals surface area contributed by atoms with Crippen LogP contribution in [0, 0.1) is 5.92 Å². The number of methoxy groups -OCH3 is 1. The van der Waals surface area contributed by atoms with Crippen molar-refractivity contribution in [3.8, 4) is 11.5 Å². The molecule has 0 aromatic heterocycles. The number of likely N-dealkylation sites (tertiary alicyclic amines) is 1. The molecule has 1 aliphatic rings. The SMILES string of the molecule is COc1ccc(C(=O)N2C[C@H](C(=O)O)[C@@H](c3ccccc3)C2)c(O)c1. The van der Waals surface area contributed by atoms with Crippen LogP contribution in [0.1, 0.15) is 21.8 Å². The van der Waals surface area contributed by atoms with Crippen LogP contribution in [0.15, 0.2) is 48.5 Å². The van der Waals surface area contributed by atoms with Gasteiger partial charge in [-0.05, 0) is 17.7 Å². The molecular weight excluding hydrogens is 322 g/mol. The first-order valence-corrected chi connectivity index (χ1v) is 7.95. The maximum atomic E-state index is 12.7. The van der Waals surface area contributed by atoms with E-state index in [1.807, 2.05) is 30.3 Å². The molecule has 0 radical (unpaired) electrons. The normalized spacial score (nSPS) is 19.6. The molecule has 6 nitrogen and oxygen atoms in total. The zero-order chi connectivity index (χ0) is 18.0. The third kappa shape index (κ3) is 3.28. The summed E-state index contributed by atoms with van der Waals surface area (Å²) in [7, 11) is 1.47. The Hall–Kier alpha value is -3.02. The van der Waals surface area contributed by atoms with E-state index in [0.29, 0.717) is 12.3 Å². The van der Waals surface area contributed by atoms with Crippen LogP contribution in [0.25, 0.3) is 0 Å². The van der Waals surface area contributed by atoms with E-state index < -0.39 is 11.9 Å². The summed E-state index contributed by atoms with van der Waals surface area (Å²) >= 11 is 0. The minimum absolute atomic E-state index is 0.110. The number of phenolic OH excluding ortho intramolecular Hbond substituents is 1. The van der Waals surface area contributed by atoms with Crippen molar-refractivity contribution < 1.29 is 24.5 Å². The number of aliphatic carboxylic acids is 1. The van der Waals surface area contributed by atoms with E-state index in [1.165, 1.54) is 24.1 Å². The van der Waals surface area contributed by atoms with E-state index in [1.54, 1.807) is 6.07 Å². The Morgan fingerprint density at radius 3 is 2.44 bits per heavy atom. The molecule has 130 valence electrons. The number of hydrogen-bond donors (Lipinski definition) is 2. The first-order chi connectivity index (χ1) is 12.0. The highest BCUT2D eigenvalue weighted by atomic mass is 16.5. The summed E-state index contributed by atoms with van der Waals surface area (Å²) < 4.78 is 5.02. The summed E-state index contributed by atoms with van der Waals surface area (Å²) in [4.78, 5) is 25.9. The Morgan fingerprint density at radius 2 is 1.84 bits per heavy atom. The quantitative estimate of drug-likeness (QED) is 0.891. The molecule has 2 atom stereocenters. The van der Waals surface area contributed by atoms with Crippen LogP contribution in [0.2, 0.25) is 0 Å². The number of phenols is 1. The molecule has 6 heteroatoms. The molecule has 1 amide bonds. The van der Waals surface area contributed by atoms with Crippen molar-refractivity contribution in [1.29, 1.82) is 0 Å². The van der Waals surface area contributed by atoms with E-state index in [9.17, 15) is 19.8 Å². The van der Waals surface area contributed by atoms with Crippen LogP contribution >= 0.6 is 0 Å². The maximum absolute atomic E-state index is 12.7. The van der Waals surface area contributed by atoms with Gasteiger partial charge in [0.1, 0.15) is 11.5 Å². The van der Waals surface area contributed by atoms with Crippen LogP contribution in [-0.2, 0) is 4.79 Å². The molecule has 0 spiro atoms. The number of carbonyl (C=O) groups is 2. The van der Waals surface area contributed by atoms with Crippen molar-refractivity contribution in [3.63, 3.8) is 0 Å². The standard InChI is InChI=1S/C19H19NO5/c1-25-13-7-8-14(17(21)9-13)18(22)20-10-15(16(11-20)19(23)24)12-5-3-2-4-6-12/h2-9,15-16,21H,10-11H2,1H3,(H,23,24)/t15-,16+/m1/s1. The van der Waals surface area contributed by atoms with Crippen LogP contribution in [-0.4, -0.2) is 47.2 Å². The average Bonchev–Trinajstić information content (AvgIpc) is 3.07. The third-order valence-corrected chi connectivity index (χ3v) is 4.59. The van der Waals surface area contributed by atoms with Gasteiger partial charge in [-0.25, -0.2) is 0 Å². The molecule has 2 aromatic rings. The van der Waals surface area contributed by atoms with Crippen LogP contribution in [0.3, 0.4) is 0 Å². The number of rotatable bonds is 4. The molecule has 1 aliphatic heterocycles. The lowest BCUT2D eigenvalue weighted by molar-refractivity contribution is -0.141. The minimum atomic E-state index is -0.928. The fourth-order valence-electron chi connectivity index (χ4n) is 3.25. The molecule has 0 bridgehead atoms. The summed E-state index contributed by atoms with van der Waals surface area (Å²) in [6.45, 7) is 0.407. The second kappa shape index (κ2) is 6.84. The summed E-state index contributed by atoms with van der Waals surface area (Å²) in [5.41, 5.74) is 1.03.